The molecule has 0 saturated heterocycles. The SMILES string of the molecule is Cc1cc(C)c(C#N)c(SCC(=O)Nc2ccccc2Oc2ccccc2)n1. The Morgan fingerprint density at radius 2 is 1.86 bits per heavy atom. The number of thioether (sulfide) groups is 1. The summed E-state index contributed by atoms with van der Waals surface area (Å²) in [5, 5.41) is 12.8. The Balaban J connectivity index is 1.69. The number of hydrogen-bond donors (Lipinski definition) is 1. The third-order valence-electron chi connectivity index (χ3n) is 3.90. The summed E-state index contributed by atoms with van der Waals surface area (Å²) in [4.78, 5) is 16.9. The van der Waals surface area contributed by atoms with Gasteiger partial charge in [-0.25, -0.2) is 4.98 Å². The van der Waals surface area contributed by atoms with E-state index in [1.165, 1.54) is 11.8 Å². The Labute approximate surface area is 168 Å². The van der Waals surface area contributed by atoms with Crippen LogP contribution in [0.15, 0.2) is 65.7 Å². The number of para-hydroxylation sites is 3. The van der Waals surface area contributed by atoms with E-state index in [0.717, 1.165) is 11.3 Å². The summed E-state index contributed by atoms with van der Waals surface area (Å²) in [5.74, 6) is 1.20. The van der Waals surface area contributed by atoms with Crippen LogP contribution in [-0.2, 0) is 4.79 Å². The van der Waals surface area contributed by atoms with E-state index in [1.54, 1.807) is 12.1 Å². The van der Waals surface area contributed by atoms with Crippen molar-refractivity contribution in [1.29, 1.82) is 5.26 Å². The molecule has 3 aromatic rings. The van der Waals surface area contributed by atoms with Gasteiger partial charge in [-0.15, -0.1) is 0 Å². The summed E-state index contributed by atoms with van der Waals surface area (Å²) in [7, 11) is 0. The number of nitrogens with zero attached hydrogens (tertiary/aromatic N) is 2. The largest absolute Gasteiger partial charge is 0.455 e. The number of carbonyl (C=O) groups excluding carboxylic acids is 1. The van der Waals surface area contributed by atoms with Crippen LogP contribution in [0.3, 0.4) is 0 Å². The second kappa shape index (κ2) is 9.07. The molecule has 0 unspecified atom stereocenters. The molecule has 0 radical (unpaired) electrons. The van der Waals surface area contributed by atoms with Gasteiger partial charge in [0, 0.05) is 5.69 Å². The highest BCUT2D eigenvalue weighted by atomic mass is 32.2. The van der Waals surface area contributed by atoms with Gasteiger partial charge in [-0.1, -0.05) is 42.1 Å². The van der Waals surface area contributed by atoms with Crippen LogP contribution in [-0.4, -0.2) is 16.6 Å². The van der Waals surface area contributed by atoms with E-state index in [9.17, 15) is 10.1 Å². The fourth-order valence-electron chi connectivity index (χ4n) is 2.64. The van der Waals surface area contributed by atoms with Gasteiger partial charge < -0.3 is 10.1 Å². The number of anilines is 1. The maximum Gasteiger partial charge on any atom is 0.234 e. The maximum atomic E-state index is 12.5. The molecule has 0 spiro atoms. The van der Waals surface area contributed by atoms with E-state index < -0.39 is 0 Å². The van der Waals surface area contributed by atoms with Crippen LogP contribution in [0.4, 0.5) is 5.69 Å². The van der Waals surface area contributed by atoms with Crippen molar-refractivity contribution in [3.8, 4) is 17.6 Å². The number of carbonyl (C=O) groups is 1. The summed E-state index contributed by atoms with van der Waals surface area (Å²) in [6.45, 7) is 3.74. The van der Waals surface area contributed by atoms with E-state index in [-0.39, 0.29) is 11.7 Å². The molecular formula is C22H19N3O2S. The van der Waals surface area contributed by atoms with E-state index in [1.807, 2.05) is 62.4 Å². The number of nitriles is 1. The highest BCUT2D eigenvalue weighted by Crippen LogP contribution is 2.30. The van der Waals surface area contributed by atoms with Crippen molar-refractivity contribution in [2.45, 2.75) is 18.9 Å². The van der Waals surface area contributed by atoms with Crippen LogP contribution in [0.5, 0.6) is 11.5 Å². The second-order valence-electron chi connectivity index (χ2n) is 6.12. The Kier molecular flexibility index (Phi) is 6.30. The molecule has 1 amide bonds. The highest BCUT2D eigenvalue weighted by Gasteiger charge is 2.13. The molecule has 0 aliphatic carbocycles. The fraction of sp³-hybridized carbons (Fsp3) is 0.136. The lowest BCUT2D eigenvalue weighted by Gasteiger charge is -2.12. The van der Waals surface area contributed by atoms with Gasteiger partial charge in [0.1, 0.15) is 16.8 Å². The zero-order chi connectivity index (χ0) is 19.9. The standard InChI is InChI=1S/C22H19N3O2S/c1-15-12-16(2)24-22(18(15)13-23)28-14-21(26)25-19-10-6-7-11-20(19)27-17-8-4-3-5-9-17/h3-12H,14H2,1-2H3,(H,25,26). The molecule has 5 nitrogen and oxygen atoms in total. The monoisotopic (exact) mass is 389 g/mol. The first-order valence-electron chi connectivity index (χ1n) is 8.69. The molecule has 3 rings (SSSR count). The lowest BCUT2D eigenvalue weighted by Crippen LogP contribution is -2.15. The molecule has 0 aliphatic rings. The number of nitrogens with one attached hydrogen (secondary N) is 1. The van der Waals surface area contributed by atoms with Gasteiger partial charge in [-0.3, -0.25) is 4.79 Å². The van der Waals surface area contributed by atoms with Gasteiger partial charge in [0.15, 0.2) is 5.75 Å². The molecular weight excluding hydrogens is 370 g/mol. The van der Waals surface area contributed by atoms with Crippen LogP contribution in [0.2, 0.25) is 0 Å². The highest BCUT2D eigenvalue weighted by molar-refractivity contribution is 8.00. The first kappa shape index (κ1) is 19.5. The molecule has 0 aliphatic heterocycles. The Morgan fingerprint density at radius 3 is 2.61 bits per heavy atom. The molecule has 1 N–H and O–H groups in total. The van der Waals surface area contributed by atoms with Crippen molar-refractivity contribution in [2.75, 3.05) is 11.1 Å². The predicted molar refractivity (Wildman–Crippen MR) is 111 cm³/mol. The van der Waals surface area contributed by atoms with E-state index in [0.29, 0.717) is 27.8 Å². The lowest BCUT2D eigenvalue weighted by molar-refractivity contribution is -0.113. The quantitative estimate of drug-likeness (QED) is 0.594. The number of aryl methyl sites for hydroxylation is 2. The number of aromatic nitrogens is 1. The molecule has 140 valence electrons. The zero-order valence-electron chi connectivity index (χ0n) is 15.6. The normalized spacial score (nSPS) is 10.2. The van der Waals surface area contributed by atoms with E-state index in [4.69, 9.17) is 4.74 Å². The number of rotatable bonds is 6. The van der Waals surface area contributed by atoms with Crippen LogP contribution in [0, 0.1) is 25.2 Å². The third-order valence-corrected chi connectivity index (χ3v) is 4.87. The van der Waals surface area contributed by atoms with Crippen LogP contribution in [0.1, 0.15) is 16.8 Å². The Hall–Kier alpha value is -3.30. The number of pyridine rings is 1. The fourth-order valence-corrected chi connectivity index (χ4v) is 3.54. The van der Waals surface area contributed by atoms with E-state index >= 15 is 0 Å². The second-order valence-corrected chi connectivity index (χ2v) is 7.08. The molecule has 0 saturated carbocycles. The minimum absolute atomic E-state index is 0.143. The average Bonchev–Trinajstić information content (AvgIpc) is 2.68. The van der Waals surface area contributed by atoms with Crippen molar-refractivity contribution >= 4 is 23.4 Å². The van der Waals surface area contributed by atoms with Crippen molar-refractivity contribution in [3.05, 3.63) is 77.5 Å². The zero-order valence-corrected chi connectivity index (χ0v) is 16.4. The summed E-state index contributed by atoms with van der Waals surface area (Å²) in [6.07, 6.45) is 0. The van der Waals surface area contributed by atoms with E-state index in [2.05, 4.69) is 16.4 Å². The average molecular weight is 389 g/mol. The van der Waals surface area contributed by atoms with Gasteiger partial charge in [0.25, 0.3) is 0 Å². The third kappa shape index (κ3) is 4.90. The van der Waals surface area contributed by atoms with Crippen LogP contribution >= 0.6 is 11.8 Å². The van der Waals surface area contributed by atoms with Gasteiger partial charge in [0.05, 0.1) is 17.0 Å². The summed E-state index contributed by atoms with van der Waals surface area (Å²) >= 11 is 1.25. The van der Waals surface area contributed by atoms with Gasteiger partial charge in [0.2, 0.25) is 5.91 Å². The van der Waals surface area contributed by atoms with Crippen molar-refractivity contribution < 1.29 is 9.53 Å². The minimum atomic E-state index is -0.195. The summed E-state index contributed by atoms with van der Waals surface area (Å²) < 4.78 is 5.86. The Bertz CT molecular complexity index is 1030. The summed E-state index contributed by atoms with van der Waals surface area (Å²) in [6, 6.07) is 20.7. The van der Waals surface area contributed by atoms with Crippen molar-refractivity contribution in [1.82, 2.24) is 4.98 Å². The Morgan fingerprint density at radius 1 is 1.14 bits per heavy atom. The smallest absolute Gasteiger partial charge is 0.234 e. The predicted octanol–water partition coefficient (Wildman–Crippen LogP) is 5.09. The van der Waals surface area contributed by atoms with Crippen LogP contribution < -0.4 is 10.1 Å². The molecule has 6 heteroatoms. The topological polar surface area (TPSA) is 75.0 Å². The minimum Gasteiger partial charge on any atom is -0.455 e. The van der Waals surface area contributed by atoms with Gasteiger partial charge in [-0.2, -0.15) is 5.26 Å². The number of benzene rings is 2. The molecule has 1 aromatic heterocycles. The number of ether oxygens (including phenoxy) is 1. The molecule has 28 heavy (non-hydrogen) atoms. The maximum absolute atomic E-state index is 12.5. The molecule has 2 aromatic carbocycles. The molecule has 0 atom stereocenters. The molecule has 0 fully saturated rings. The molecule has 0 bridgehead atoms. The van der Waals surface area contributed by atoms with Crippen molar-refractivity contribution in [2.24, 2.45) is 0 Å². The first-order valence-corrected chi connectivity index (χ1v) is 9.68. The van der Waals surface area contributed by atoms with Crippen molar-refractivity contribution in [3.63, 3.8) is 0 Å². The first-order chi connectivity index (χ1) is 13.6. The summed E-state index contributed by atoms with van der Waals surface area (Å²) in [5.41, 5.74) is 2.78. The van der Waals surface area contributed by atoms with Gasteiger partial charge >= 0.3 is 0 Å². The van der Waals surface area contributed by atoms with Crippen LogP contribution in [0.25, 0.3) is 0 Å². The lowest BCUT2D eigenvalue weighted by atomic mass is 10.1. The number of amides is 1. The molecule has 1 heterocycles. The number of hydrogen-bond acceptors (Lipinski definition) is 5. The van der Waals surface area contributed by atoms with Gasteiger partial charge in [-0.05, 0) is 49.7 Å².